The summed E-state index contributed by atoms with van der Waals surface area (Å²) in [6, 6.07) is 15.6. The van der Waals surface area contributed by atoms with Gasteiger partial charge in [-0.05, 0) is 49.1 Å². The molecule has 132 valence electrons. The van der Waals surface area contributed by atoms with Crippen molar-refractivity contribution in [1.82, 2.24) is 5.43 Å². The van der Waals surface area contributed by atoms with Gasteiger partial charge in [0.15, 0.2) is 6.61 Å². The number of nitrogens with one attached hydrogen (secondary N) is 1. The van der Waals surface area contributed by atoms with Crippen molar-refractivity contribution in [1.29, 1.82) is 0 Å². The molecule has 0 aliphatic heterocycles. The SMILES string of the molecule is CCCC/C(=N/NC(=O)COc1ccc(Br)cc1C)c1ccccc1. The van der Waals surface area contributed by atoms with Crippen molar-refractivity contribution in [3.05, 3.63) is 64.1 Å². The molecule has 0 bridgehead atoms. The van der Waals surface area contributed by atoms with Gasteiger partial charge in [-0.15, -0.1) is 0 Å². The molecule has 0 fully saturated rings. The molecule has 4 nitrogen and oxygen atoms in total. The summed E-state index contributed by atoms with van der Waals surface area (Å²) in [6.07, 6.45) is 2.93. The Morgan fingerprint density at radius 3 is 2.64 bits per heavy atom. The lowest BCUT2D eigenvalue weighted by molar-refractivity contribution is -0.123. The molecule has 1 amide bonds. The highest BCUT2D eigenvalue weighted by Crippen LogP contribution is 2.21. The summed E-state index contributed by atoms with van der Waals surface area (Å²) >= 11 is 3.41. The van der Waals surface area contributed by atoms with Crippen LogP contribution >= 0.6 is 15.9 Å². The number of hydrogen-bond donors (Lipinski definition) is 1. The number of amides is 1. The largest absolute Gasteiger partial charge is 0.483 e. The molecule has 1 N–H and O–H groups in total. The van der Waals surface area contributed by atoms with Crippen LogP contribution in [0.15, 0.2) is 58.1 Å². The number of hydrogen-bond acceptors (Lipinski definition) is 3. The molecule has 2 aromatic carbocycles. The van der Waals surface area contributed by atoms with Gasteiger partial charge in [0.2, 0.25) is 0 Å². The first-order chi connectivity index (χ1) is 12.1. The first-order valence-electron chi connectivity index (χ1n) is 8.40. The Morgan fingerprint density at radius 2 is 1.96 bits per heavy atom. The third-order valence-electron chi connectivity index (χ3n) is 3.69. The van der Waals surface area contributed by atoms with E-state index in [1.807, 2.05) is 55.5 Å². The minimum atomic E-state index is -0.271. The zero-order chi connectivity index (χ0) is 18.1. The van der Waals surface area contributed by atoms with E-state index < -0.39 is 0 Å². The van der Waals surface area contributed by atoms with E-state index in [2.05, 4.69) is 33.4 Å². The third-order valence-corrected chi connectivity index (χ3v) is 4.18. The van der Waals surface area contributed by atoms with Crippen LogP contribution < -0.4 is 10.2 Å². The Labute approximate surface area is 157 Å². The molecule has 0 saturated carbocycles. The molecule has 25 heavy (non-hydrogen) atoms. The van der Waals surface area contributed by atoms with Gasteiger partial charge in [-0.1, -0.05) is 59.6 Å². The molecule has 0 heterocycles. The first kappa shape index (κ1) is 19.2. The number of halogens is 1. The Kier molecular flexibility index (Phi) is 7.67. The summed E-state index contributed by atoms with van der Waals surface area (Å²) in [5.74, 6) is 0.420. The number of unbranched alkanes of at least 4 members (excludes halogenated alkanes) is 1. The van der Waals surface area contributed by atoms with Crippen molar-refractivity contribution in [3.63, 3.8) is 0 Å². The summed E-state index contributed by atoms with van der Waals surface area (Å²) < 4.78 is 6.55. The molecular weight excluding hydrogens is 380 g/mol. The number of rotatable bonds is 8. The van der Waals surface area contributed by atoms with E-state index in [0.29, 0.717) is 5.75 Å². The van der Waals surface area contributed by atoms with Gasteiger partial charge in [-0.3, -0.25) is 4.79 Å². The lowest BCUT2D eigenvalue weighted by atomic mass is 10.1. The van der Waals surface area contributed by atoms with Gasteiger partial charge in [0.25, 0.3) is 5.91 Å². The maximum atomic E-state index is 12.1. The highest BCUT2D eigenvalue weighted by Gasteiger charge is 2.07. The fourth-order valence-electron chi connectivity index (χ4n) is 2.32. The summed E-state index contributed by atoms with van der Waals surface area (Å²) in [4.78, 5) is 12.1. The monoisotopic (exact) mass is 402 g/mol. The fraction of sp³-hybridized carbons (Fsp3) is 0.300. The van der Waals surface area contributed by atoms with Crippen LogP contribution in [0, 0.1) is 6.92 Å². The van der Waals surface area contributed by atoms with Gasteiger partial charge < -0.3 is 4.74 Å². The van der Waals surface area contributed by atoms with Crippen molar-refractivity contribution in [2.45, 2.75) is 33.1 Å². The quantitative estimate of drug-likeness (QED) is 0.506. The van der Waals surface area contributed by atoms with Gasteiger partial charge in [0, 0.05) is 4.47 Å². The number of benzene rings is 2. The fourth-order valence-corrected chi connectivity index (χ4v) is 2.80. The number of ether oxygens (including phenoxy) is 1. The molecular formula is C20H23BrN2O2. The molecule has 5 heteroatoms. The Bertz CT molecular complexity index is 730. The standard InChI is InChI=1S/C20H23BrN2O2/c1-3-4-10-18(16-8-6-5-7-9-16)22-23-20(24)14-25-19-12-11-17(21)13-15(19)2/h5-9,11-13H,3-4,10,14H2,1-2H3,(H,23,24)/b22-18-. The Balaban J connectivity index is 1.96. The van der Waals surface area contributed by atoms with Crippen molar-refractivity contribution >= 4 is 27.5 Å². The predicted octanol–water partition coefficient (Wildman–Crippen LogP) is 4.85. The van der Waals surface area contributed by atoms with Crippen molar-refractivity contribution in [2.24, 2.45) is 5.10 Å². The second kappa shape index (κ2) is 9.99. The smallest absolute Gasteiger partial charge is 0.277 e. The average molecular weight is 403 g/mol. The van der Waals surface area contributed by atoms with E-state index in [-0.39, 0.29) is 12.5 Å². The van der Waals surface area contributed by atoms with E-state index in [1.54, 1.807) is 0 Å². The van der Waals surface area contributed by atoms with E-state index in [4.69, 9.17) is 4.74 Å². The average Bonchev–Trinajstić information content (AvgIpc) is 2.62. The molecule has 0 radical (unpaired) electrons. The van der Waals surface area contributed by atoms with Crippen molar-refractivity contribution < 1.29 is 9.53 Å². The number of carbonyl (C=O) groups excluding carboxylic acids is 1. The van der Waals surface area contributed by atoms with Crippen molar-refractivity contribution in [3.8, 4) is 5.75 Å². The maximum Gasteiger partial charge on any atom is 0.277 e. The van der Waals surface area contributed by atoms with E-state index in [0.717, 1.165) is 40.6 Å². The Morgan fingerprint density at radius 1 is 1.20 bits per heavy atom. The van der Waals surface area contributed by atoms with Gasteiger partial charge in [-0.2, -0.15) is 5.10 Å². The zero-order valence-electron chi connectivity index (χ0n) is 14.6. The van der Waals surface area contributed by atoms with Crippen LogP contribution in [0.3, 0.4) is 0 Å². The first-order valence-corrected chi connectivity index (χ1v) is 9.19. The topological polar surface area (TPSA) is 50.7 Å². The summed E-state index contributed by atoms with van der Waals surface area (Å²) in [7, 11) is 0. The van der Waals surface area contributed by atoms with E-state index in [1.165, 1.54) is 0 Å². The second-order valence-corrected chi connectivity index (χ2v) is 6.68. The normalized spacial score (nSPS) is 11.2. The lowest BCUT2D eigenvalue weighted by Gasteiger charge is -2.10. The Hall–Kier alpha value is -2.14. The van der Waals surface area contributed by atoms with Crippen LogP contribution in [0.2, 0.25) is 0 Å². The number of hydrazone groups is 1. The second-order valence-electron chi connectivity index (χ2n) is 5.76. The molecule has 2 rings (SSSR count). The van der Waals surface area contributed by atoms with Gasteiger partial charge in [0.05, 0.1) is 5.71 Å². The van der Waals surface area contributed by atoms with Crippen LogP contribution in [-0.2, 0) is 4.79 Å². The van der Waals surface area contributed by atoms with Crippen LogP contribution in [0.5, 0.6) is 5.75 Å². The molecule has 0 aliphatic rings. The highest BCUT2D eigenvalue weighted by atomic mass is 79.9. The molecule has 0 atom stereocenters. The molecule has 0 aromatic heterocycles. The van der Waals surface area contributed by atoms with Crippen LogP contribution in [0.4, 0.5) is 0 Å². The summed E-state index contributed by atoms with van der Waals surface area (Å²) in [5, 5.41) is 4.31. The van der Waals surface area contributed by atoms with E-state index in [9.17, 15) is 4.79 Å². The summed E-state index contributed by atoms with van der Waals surface area (Å²) in [5.41, 5.74) is 5.49. The third kappa shape index (κ3) is 6.35. The minimum absolute atomic E-state index is 0.0676. The van der Waals surface area contributed by atoms with Crippen LogP contribution in [-0.4, -0.2) is 18.2 Å². The van der Waals surface area contributed by atoms with Crippen molar-refractivity contribution in [2.75, 3.05) is 6.61 Å². The zero-order valence-corrected chi connectivity index (χ0v) is 16.2. The molecule has 0 unspecified atom stereocenters. The molecule has 0 aliphatic carbocycles. The molecule has 0 saturated heterocycles. The van der Waals surface area contributed by atoms with Gasteiger partial charge >= 0.3 is 0 Å². The highest BCUT2D eigenvalue weighted by molar-refractivity contribution is 9.10. The molecule has 0 spiro atoms. The van der Waals surface area contributed by atoms with Crippen LogP contribution in [0.1, 0.15) is 37.3 Å². The number of carbonyl (C=O) groups is 1. The predicted molar refractivity (Wildman–Crippen MR) is 105 cm³/mol. The van der Waals surface area contributed by atoms with Gasteiger partial charge in [0.1, 0.15) is 5.75 Å². The maximum absolute atomic E-state index is 12.1. The van der Waals surface area contributed by atoms with Crippen LogP contribution in [0.25, 0.3) is 0 Å². The molecule has 2 aromatic rings. The minimum Gasteiger partial charge on any atom is -0.483 e. The number of nitrogens with zero attached hydrogens (tertiary/aromatic N) is 1. The summed E-state index contributed by atoms with van der Waals surface area (Å²) in [6.45, 7) is 4.01. The van der Waals surface area contributed by atoms with E-state index >= 15 is 0 Å². The number of aryl methyl sites for hydroxylation is 1. The van der Waals surface area contributed by atoms with Gasteiger partial charge in [-0.25, -0.2) is 5.43 Å². The lowest BCUT2D eigenvalue weighted by Crippen LogP contribution is -2.26.